The lowest BCUT2D eigenvalue weighted by molar-refractivity contribution is -0.109. The molecule has 0 radical (unpaired) electrons. The molecular weight excluding hydrogens is 204 g/mol. The summed E-state index contributed by atoms with van der Waals surface area (Å²) in [5.74, 6) is 0. The third-order valence-corrected chi connectivity index (χ3v) is 3.62. The minimum atomic E-state index is 0.0110. The average Bonchev–Trinajstić information content (AvgIpc) is 2.67. The van der Waals surface area contributed by atoms with Crippen LogP contribution in [0.4, 0.5) is 0 Å². The van der Waals surface area contributed by atoms with Crippen LogP contribution in [0.2, 0.25) is 0 Å². The summed E-state index contributed by atoms with van der Waals surface area (Å²) in [6.45, 7) is 2.72. The Morgan fingerprint density at radius 1 is 1.36 bits per heavy atom. The Kier molecular flexibility index (Phi) is 3.11. The van der Waals surface area contributed by atoms with Gasteiger partial charge in [-0.05, 0) is 0 Å². The number of carbonyl (C=O) groups is 1. The van der Waals surface area contributed by atoms with Gasteiger partial charge in [0.1, 0.15) is 18.3 Å². The maximum atomic E-state index is 11.0. The normalized spacial score (nSPS) is 41.3. The second kappa shape index (κ2) is 4.18. The van der Waals surface area contributed by atoms with Crippen molar-refractivity contribution in [2.24, 2.45) is 0 Å². The minimum Gasteiger partial charge on any atom is -0.376 e. The molecule has 0 aliphatic carbocycles. The van der Waals surface area contributed by atoms with Crippen molar-refractivity contribution in [1.82, 2.24) is 0 Å². The van der Waals surface area contributed by atoms with Crippen molar-refractivity contribution < 1.29 is 19.0 Å². The lowest BCUT2D eigenvalue weighted by Gasteiger charge is -2.14. The zero-order chi connectivity index (χ0) is 10.1. The van der Waals surface area contributed by atoms with Gasteiger partial charge in [-0.3, -0.25) is 4.79 Å². The van der Waals surface area contributed by atoms with Gasteiger partial charge in [0.05, 0.1) is 18.5 Å². The fourth-order valence-corrected chi connectivity index (χ4v) is 2.89. The smallest absolute Gasteiger partial charge is 0.186 e. The second-order valence-electron chi connectivity index (χ2n) is 3.52. The molecule has 2 aliphatic heterocycles. The SMILES string of the molecule is CO[C@@H]1CO[C@H]2[C@@H]1OC[C@@H]2SC(C)=O. The Hall–Kier alpha value is -0.100. The summed E-state index contributed by atoms with van der Waals surface area (Å²) in [5.41, 5.74) is 0. The van der Waals surface area contributed by atoms with Crippen molar-refractivity contribution >= 4 is 16.9 Å². The summed E-state index contributed by atoms with van der Waals surface area (Å²) >= 11 is 1.31. The molecule has 2 rings (SSSR count). The Morgan fingerprint density at radius 2 is 2.07 bits per heavy atom. The van der Waals surface area contributed by atoms with Crippen LogP contribution in [0.15, 0.2) is 0 Å². The number of fused-ring (bicyclic) bond motifs is 1. The van der Waals surface area contributed by atoms with Gasteiger partial charge >= 0.3 is 0 Å². The van der Waals surface area contributed by atoms with Crippen LogP contribution in [0.1, 0.15) is 6.92 Å². The first-order chi connectivity index (χ1) is 6.72. The maximum Gasteiger partial charge on any atom is 0.186 e. The third-order valence-electron chi connectivity index (χ3n) is 2.58. The first-order valence-electron chi connectivity index (χ1n) is 4.65. The average molecular weight is 218 g/mol. The van der Waals surface area contributed by atoms with Crippen LogP contribution in [-0.4, -0.2) is 49.0 Å². The third kappa shape index (κ3) is 1.82. The zero-order valence-corrected chi connectivity index (χ0v) is 9.08. The highest BCUT2D eigenvalue weighted by atomic mass is 32.2. The van der Waals surface area contributed by atoms with Crippen LogP contribution in [0.5, 0.6) is 0 Å². The van der Waals surface area contributed by atoms with Crippen molar-refractivity contribution in [3.63, 3.8) is 0 Å². The summed E-state index contributed by atoms with van der Waals surface area (Å²) < 4.78 is 16.4. The lowest BCUT2D eigenvalue weighted by Crippen LogP contribution is -2.31. The summed E-state index contributed by atoms with van der Waals surface area (Å²) in [7, 11) is 1.66. The zero-order valence-electron chi connectivity index (χ0n) is 8.26. The Balaban J connectivity index is 1.97. The van der Waals surface area contributed by atoms with E-state index in [4.69, 9.17) is 14.2 Å². The van der Waals surface area contributed by atoms with Gasteiger partial charge in [0, 0.05) is 14.0 Å². The molecule has 0 aromatic rings. The number of hydrogen-bond donors (Lipinski definition) is 0. The van der Waals surface area contributed by atoms with Gasteiger partial charge in [-0.2, -0.15) is 0 Å². The number of thioether (sulfide) groups is 1. The number of hydrogen-bond acceptors (Lipinski definition) is 5. The molecule has 4 atom stereocenters. The summed E-state index contributed by atoms with van der Waals surface area (Å²) in [6.07, 6.45) is 0.0586. The molecule has 2 fully saturated rings. The fraction of sp³-hybridized carbons (Fsp3) is 0.889. The molecule has 0 N–H and O–H groups in total. The van der Waals surface area contributed by atoms with E-state index in [0.717, 1.165) is 0 Å². The minimum absolute atomic E-state index is 0.0110. The van der Waals surface area contributed by atoms with E-state index in [9.17, 15) is 4.79 Å². The largest absolute Gasteiger partial charge is 0.376 e. The first kappa shape index (κ1) is 10.4. The molecule has 0 unspecified atom stereocenters. The van der Waals surface area contributed by atoms with Crippen LogP contribution >= 0.6 is 11.8 Å². The molecule has 0 spiro atoms. The molecule has 4 nitrogen and oxygen atoms in total. The molecule has 2 aliphatic rings. The quantitative estimate of drug-likeness (QED) is 0.673. The van der Waals surface area contributed by atoms with Gasteiger partial charge in [0.2, 0.25) is 0 Å². The highest BCUT2D eigenvalue weighted by Gasteiger charge is 2.48. The molecular formula is C9H14O4S. The van der Waals surface area contributed by atoms with Gasteiger partial charge in [-0.25, -0.2) is 0 Å². The predicted octanol–water partition coefficient (Wildman–Crippen LogP) is 0.447. The van der Waals surface area contributed by atoms with Crippen LogP contribution in [0.25, 0.3) is 0 Å². The number of rotatable bonds is 2. The number of carbonyl (C=O) groups excluding carboxylic acids is 1. The molecule has 0 saturated carbocycles. The van der Waals surface area contributed by atoms with Gasteiger partial charge in [-0.1, -0.05) is 11.8 Å². The number of methoxy groups -OCH3 is 1. The van der Waals surface area contributed by atoms with Gasteiger partial charge in [0.25, 0.3) is 0 Å². The fourth-order valence-electron chi connectivity index (χ4n) is 1.95. The summed E-state index contributed by atoms with van der Waals surface area (Å²) in [6, 6.07) is 0. The predicted molar refractivity (Wildman–Crippen MR) is 52.3 cm³/mol. The lowest BCUT2D eigenvalue weighted by atomic mass is 10.1. The summed E-state index contributed by atoms with van der Waals surface area (Å²) in [5, 5.41) is 0.251. The van der Waals surface area contributed by atoms with Crippen LogP contribution < -0.4 is 0 Å². The Morgan fingerprint density at radius 3 is 2.71 bits per heavy atom. The Bertz CT molecular complexity index is 233. The van der Waals surface area contributed by atoms with E-state index < -0.39 is 0 Å². The Labute approximate surface area is 87.3 Å². The molecule has 0 aromatic carbocycles. The van der Waals surface area contributed by atoms with Crippen molar-refractivity contribution in [2.45, 2.75) is 30.5 Å². The summed E-state index contributed by atoms with van der Waals surface area (Å²) in [4.78, 5) is 11.0. The maximum absolute atomic E-state index is 11.0. The van der Waals surface area contributed by atoms with Crippen molar-refractivity contribution in [3.05, 3.63) is 0 Å². The molecule has 0 bridgehead atoms. The van der Waals surface area contributed by atoms with E-state index in [2.05, 4.69) is 0 Å². The van der Waals surface area contributed by atoms with Crippen molar-refractivity contribution in [2.75, 3.05) is 20.3 Å². The molecule has 2 saturated heterocycles. The first-order valence-corrected chi connectivity index (χ1v) is 5.53. The molecule has 80 valence electrons. The van der Waals surface area contributed by atoms with E-state index in [0.29, 0.717) is 13.2 Å². The highest BCUT2D eigenvalue weighted by molar-refractivity contribution is 8.14. The van der Waals surface area contributed by atoms with E-state index in [-0.39, 0.29) is 28.7 Å². The van der Waals surface area contributed by atoms with Gasteiger partial charge in [-0.15, -0.1) is 0 Å². The van der Waals surface area contributed by atoms with Crippen LogP contribution in [0, 0.1) is 0 Å². The van der Waals surface area contributed by atoms with Crippen LogP contribution in [0.3, 0.4) is 0 Å². The van der Waals surface area contributed by atoms with Crippen molar-refractivity contribution in [3.8, 4) is 0 Å². The van der Waals surface area contributed by atoms with Crippen LogP contribution in [-0.2, 0) is 19.0 Å². The second-order valence-corrected chi connectivity index (χ2v) is 4.93. The van der Waals surface area contributed by atoms with E-state index >= 15 is 0 Å². The molecule has 0 aromatic heterocycles. The van der Waals surface area contributed by atoms with Gasteiger partial charge < -0.3 is 14.2 Å². The highest BCUT2D eigenvalue weighted by Crippen LogP contribution is 2.34. The standard InChI is InChI=1S/C9H14O4S/c1-5(10)14-7-4-13-8-6(11-2)3-12-9(7)8/h6-9H,3-4H2,1-2H3/t6-,7+,8-,9-/m1/s1. The van der Waals surface area contributed by atoms with Crippen molar-refractivity contribution in [1.29, 1.82) is 0 Å². The van der Waals surface area contributed by atoms with E-state index in [1.54, 1.807) is 14.0 Å². The number of ether oxygens (including phenoxy) is 3. The molecule has 0 amide bonds. The monoisotopic (exact) mass is 218 g/mol. The molecule has 2 heterocycles. The molecule has 5 heteroatoms. The topological polar surface area (TPSA) is 44.8 Å². The van der Waals surface area contributed by atoms with Gasteiger partial charge in [0.15, 0.2) is 5.12 Å². The van der Waals surface area contributed by atoms with E-state index in [1.165, 1.54) is 11.8 Å². The molecule has 14 heavy (non-hydrogen) atoms. The van der Waals surface area contributed by atoms with E-state index in [1.807, 2.05) is 0 Å².